The van der Waals surface area contributed by atoms with Gasteiger partial charge in [0.05, 0.1) is 0 Å². The molecule has 0 aromatic rings. The highest BCUT2D eigenvalue weighted by molar-refractivity contribution is 8.00. The van der Waals surface area contributed by atoms with E-state index in [4.69, 9.17) is 0 Å². The molecule has 0 aromatic carbocycles. The van der Waals surface area contributed by atoms with Crippen LogP contribution in [0.15, 0.2) is 0 Å². The molecule has 2 saturated heterocycles. The SMILES string of the molecule is CC1NC(=O)CC12CCSC2C. The number of hydrogen-bond acceptors (Lipinski definition) is 2. The van der Waals surface area contributed by atoms with Crippen LogP contribution < -0.4 is 5.32 Å². The van der Waals surface area contributed by atoms with Gasteiger partial charge >= 0.3 is 0 Å². The molecule has 68 valence electrons. The molecule has 0 aromatic heterocycles. The van der Waals surface area contributed by atoms with Gasteiger partial charge in [-0.05, 0) is 19.1 Å². The second-order valence-electron chi connectivity index (χ2n) is 3.96. The van der Waals surface area contributed by atoms with Crippen LogP contribution in [0.4, 0.5) is 0 Å². The molecular formula is C9H15NOS. The molecule has 0 radical (unpaired) electrons. The van der Waals surface area contributed by atoms with Crippen LogP contribution in [0, 0.1) is 5.41 Å². The normalized spacial score (nSPS) is 47.0. The monoisotopic (exact) mass is 185 g/mol. The van der Waals surface area contributed by atoms with Gasteiger partial charge < -0.3 is 5.32 Å². The summed E-state index contributed by atoms with van der Waals surface area (Å²) in [5.41, 5.74) is 0.280. The van der Waals surface area contributed by atoms with Crippen molar-refractivity contribution >= 4 is 17.7 Å². The van der Waals surface area contributed by atoms with E-state index in [-0.39, 0.29) is 11.3 Å². The minimum absolute atomic E-state index is 0.247. The number of rotatable bonds is 0. The highest BCUT2D eigenvalue weighted by Gasteiger charge is 2.50. The topological polar surface area (TPSA) is 29.1 Å². The number of nitrogens with one attached hydrogen (secondary N) is 1. The molecule has 0 saturated carbocycles. The third-order valence-electron chi connectivity index (χ3n) is 3.47. The Morgan fingerprint density at radius 1 is 1.58 bits per heavy atom. The molecule has 2 fully saturated rings. The Morgan fingerprint density at radius 3 is 2.75 bits per heavy atom. The van der Waals surface area contributed by atoms with Crippen molar-refractivity contribution in [3.05, 3.63) is 0 Å². The third-order valence-corrected chi connectivity index (χ3v) is 4.88. The zero-order valence-electron chi connectivity index (χ0n) is 7.59. The number of thioether (sulfide) groups is 1. The molecule has 0 aliphatic carbocycles. The lowest BCUT2D eigenvalue weighted by molar-refractivity contribution is -0.119. The van der Waals surface area contributed by atoms with Crippen molar-refractivity contribution in [2.45, 2.75) is 38.0 Å². The second kappa shape index (κ2) is 2.66. The van der Waals surface area contributed by atoms with Gasteiger partial charge in [-0.1, -0.05) is 6.92 Å². The van der Waals surface area contributed by atoms with E-state index < -0.39 is 0 Å². The summed E-state index contributed by atoms with van der Waals surface area (Å²) >= 11 is 2.01. The van der Waals surface area contributed by atoms with E-state index in [2.05, 4.69) is 19.2 Å². The molecule has 1 spiro atoms. The van der Waals surface area contributed by atoms with Crippen LogP contribution in [-0.4, -0.2) is 23.0 Å². The van der Waals surface area contributed by atoms with E-state index in [1.807, 2.05) is 11.8 Å². The van der Waals surface area contributed by atoms with Gasteiger partial charge in [0, 0.05) is 23.1 Å². The summed E-state index contributed by atoms with van der Waals surface area (Å²) in [6.45, 7) is 4.40. The lowest BCUT2D eigenvalue weighted by Crippen LogP contribution is -2.38. The van der Waals surface area contributed by atoms with Gasteiger partial charge in [-0.15, -0.1) is 0 Å². The molecule has 3 heteroatoms. The van der Waals surface area contributed by atoms with E-state index in [0.717, 1.165) is 6.42 Å². The van der Waals surface area contributed by atoms with E-state index >= 15 is 0 Å². The van der Waals surface area contributed by atoms with Crippen LogP contribution in [0.25, 0.3) is 0 Å². The van der Waals surface area contributed by atoms with Gasteiger partial charge in [-0.25, -0.2) is 0 Å². The van der Waals surface area contributed by atoms with Crippen molar-refractivity contribution in [2.75, 3.05) is 5.75 Å². The molecule has 3 atom stereocenters. The van der Waals surface area contributed by atoms with E-state index in [1.165, 1.54) is 12.2 Å². The second-order valence-corrected chi connectivity index (χ2v) is 5.41. The molecule has 2 nitrogen and oxygen atoms in total. The lowest BCUT2D eigenvalue weighted by Gasteiger charge is -2.30. The standard InChI is InChI=1S/C9H15NOS/c1-6-9(5-8(11)10-6)3-4-12-7(9)2/h6-7H,3-5H2,1-2H3,(H,10,11). The smallest absolute Gasteiger partial charge is 0.220 e. The fraction of sp³-hybridized carbons (Fsp3) is 0.889. The molecule has 2 heterocycles. The zero-order chi connectivity index (χ0) is 8.77. The van der Waals surface area contributed by atoms with Crippen molar-refractivity contribution < 1.29 is 4.79 Å². The molecule has 2 aliphatic heterocycles. The fourth-order valence-electron chi connectivity index (χ4n) is 2.48. The highest BCUT2D eigenvalue weighted by Crippen LogP contribution is 2.50. The Morgan fingerprint density at radius 2 is 2.33 bits per heavy atom. The molecule has 3 unspecified atom stereocenters. The molecular weight excluding hydrogens is 170 g/mol. The van der Waals surface area contributed by atoms with Gasteiger partial charge in [0.2, 0.25) is 5.91 Å². The Balaban J connectivity index is 2.24. The first-order chi connectivity index (χ1) is 5.65. The van der Waals surface area contributed by atoms with Crippen molar-refractivity contribution in [2.24, 2.45) is 5.41 Å². The van der Waals surface area contributed by atoms with Crippen LogP contribution in [0.5, 0.6) is 0 Å². The summed E-state index contributed by atoms with van der Waals surface area (Å²) in [5.74, 6) is 1.47. The minimum Gasteiger partial charge on any atom is -0.353 e. The minimum atomic E-state index is 0.247. The number of amides is 1. The molecule has 12 heavy (non-hydrogen) atoms. The summed E-state index contributed by atoms with van der Waals surface area (Å²) in [6.07, 6.45) is 1.96. The zero-order valence-corrected chi connectivity index (χ0v) is 8.41. The van der Waals surface area contributed by atoms with Crippen LogP contribution >= 0.6 is 11.8 Å². The first-order valence-corrected chi connectivity index (χ1v) is 5.61. The van der Waals surface area contributed by atoms with Crippen LogP contribution in [0.1, 0.15) is 26.7 Å². The van der Waals surface area contributed by atoms with Crippen LogP contribution in [-0.2, 0) is 4.79 Å². The molecule has 2 aliphatic rings. The average molecular weight is 185 g/mol. The number of hydrogen-bond donors (Lipinski definition) is 1. The van der Waals surface area contributed by atoms with E-state index in [0.29, 0.717) is 11.3 Å². The average Bonchev–Trinajstić information content (AvgIpc) is 2.44. The maximum atomic E-state index is 11.2. The van der Waals surface area contributed by atoms with Gasteiger partial charge in [-0.2, -0.15) is 11.8 Å². The predicted molar refractivity (Wildman–Crippen MR) is 51.2 cm³/mol. The van der Waals surface area contributed by atoms with Gasteiger partial charge in [0.15, 0.2) is 0 Å². The van der Waals surface area contributed by atoms with E-state index in [9.17, 15) is 4.79 Å². The van der Waals surface area contributed by atoms with Crippen LogP contribution in [0.2, 0.25) is 0 Å². The summed E-state index contributed by atoms with van der Waals surface area (Å²) in [6, 6.07) is 0.384. The summed E-state index contributed by atoms with van der Waals surface area (Å²) in [7, 11) is 0. The molecule has 0 bridgehead atoms. The number of carbonyl (C=O) groups is 1. The predicted octanol–water partition coefficient (Wildman–Crippen LogP) is 1.41. The van der Waals surface area contributed by atoms with Gasteiger partial charge in [-0.3, -0.25) is 4.79 Å². The highest BCUT2D eigenvalue weighted by atomic mass is 32.2. The first-order valence-electron chi connectivity index (χ1n) is 4.56. The Labute approximate surface area is 77.5 Å². The molecule has 1 amide bonds. The van der Waals surface area contributed by atoms with Gasteiger partial charge in [0.25, 0.3) is 0 Å². The fourth-order valence-corrected chi connectivity index (χ4v) is 4.07. The lowest BCUT2D eigenvalue weighted by atomic mass is 9.76. The Bertz CT molecular complexity index is 219. The summed E-state index contributed by atoms with van der Waals surface area (Å²) < 4.78 is 0. The molecule has 1 N–H and O–H groups in total. The van der Waals surface area contributed by atoms with Crippen molar-refractivity contribution in [3.63, 3.8) is 0 Å². The third kappa shape index (κ3) is 0.987. The summed E-state index contributed by atoms with van der Waals surface area (Å²) in [4.78, 5) is 11.2. The van der Waals surface area contributed by atoms with Crippen molar-refractivity contribution in [3.8, 4) is 0 Å². The maximum absolute atomic E-state index is 11.2. The van der Waals surface area contributed by atoms with Gasteiger partial charge in [0.1, 0.15) is 0 Å². The van der Waals surface area contributed by atoms with Crippen molar-refractivity contribution in [1.82, 2.24) is 5.32 Å². The summed E-state index contributed by atoms with van der Waals surface area (Å²) in [5, 5.41) is 3.67. The van der Waals surface area contributed by atoms with Crippen LogP contribution in [0.3, 0.4) is 0 Å². The largest absolute Gasteiger partial charge is 0.353 e. The Hall–Kier alpha value is -0.180. The quantitative estimate of drug-likeness (QED) is 0.618. The Kier molecular flexibility index (Phi) is 1.86. The van der Waals surface area contributed by atoms with Crippen molar-refractivity contribution in [1.29, 1.82) is 0 Å². The van der Waals surface area contributed by atoms with E-state index in [1.54, 1.807) is 0 Å². The maximum Gasteiger partial charge on any atom is 0.220 e. The molecule has 2 rings (SSSR count). The first kappa shape index (κ1) is 8.42. The number of carbonyl (C=O) groups excluding carboxylic acids is 1.